The van der Waals surface area contributed by atoms with Gasteiger partial charge in [-0.05, 0) is 24.8 Å². The van der Waals surface area contributed by atoms with E-state index in [1.54, 1.807) is 6.07 Å². The van der Waals surface area contributed by atoms with Gasteiger partial charge in [0.05, 0.1) is 0 Å². The summed E-state index contributed by atoms with van der Waals surface area (Å²) in [6.07, 6.45) is 5.95. The lowest BCUT2D eigenvalue weighted by atomic mass is 9.79. The van der Waals surface area contributed by atoms with Crippen molar-refractivity contribution in [3.05, 3.63) is 29.1 Å². The van der Waals surface area contributed by atoms with E-state index in [-0.39, 0.29) is 42.2 Å². The molecule has 0 aromatic heterocycles. The van der Waals surface area contributed by atoms with Crippen molar-refractivity contribution in [2.45, 2.75) is 38.1 Å². The van der Waals surface area contributed by atoms with Gasteiger partial charge in [-0.3, -0.25) is 4.90 Å². The van der Waals surface area contributed by atoms with E-state index in [4.69, 9.17) is 5.26 Å². The van der Waals surface area contributed by atoms with Gasteiger partial charge in [0.1, 0.15) is 23.2 Å². The van der Waals surface area contributed by atoms with Crippen molar-refractivity contribution in [2.75, 3.05) is 26.2 Å². The zero-order valence-electron chi connectivity index (χ0n) is 14.2. The minimum Gasteiger partial charge on any atom is -0.506 e. The normalized spacial score (nSPS) is 20.0. The van der Waals surface area contributed by atoms with Crippen LogP contribution in [0, 0.1) is 23.1 Å². The van der Waals surface area contributed by atoms with Gasteiger partial charge in [0, 0.05) is 37.8 Å². The third-order valence-corrected chi connectivity index (χ3v) is 5.23. The van der Waals surface area contributed by atoms with Crippen molar-refractivity contribution in [2.24, 2.45) is 5.92 Å². The maximum Gasteiger partial charge on any atom is 0.144 e. The molecule has 25 heavy (non-hydrogen) atoms. The van der Waals surface area contributed by atoms with E-state index in [1.807, 2.05) is 6.07 Å². The summed E-state index contributed by atoms with van der Waals surface area (Å²) >= 11 is 0. The van der Waals surface area contributed by atoms with Crippen LogP contribution in [0.25, 0.3) is 0 Å². The second-order valence-electron chi connectivity index (χ2n) is 6.60. The van der Waals surface area contributed by atoms with E-state index < -0.39 is 5.82 Å². The molecule has 0 spiro atoms. The molecule has 0 bridgehead atoms. The Morgan fingerprint density at radius 2 is 1.80 bits per heavy atom. The summed E-state index contributed by atoms with van der Waals surface area (Å²) in [5.41, 5.74) is 0.496. The molecule has 1 aromatic rings. The van der Waals surface area contributed by atoms with Gasteiger partial charge >= 0.3 is 0 Å². The molecule has 0 unspecified atom stereocenters. The monoisotopic (exact) mass is 389 g/mol. The first-order chi connectivity index (χ1) is 11.2. The summed E-state index contributed by atoms with van der Waals surface area (Å²) in [5, 5.41) is 23.0. The van der Waals surface area contributed by atoms with Gasteiger partial charge in [0.15, 0.2) is 0 Å². The fourth-order valence-electron chi connectivity index (χ4n) is 4.09. The Balaban J connectivity index is 0.00000156. The van der Waals surface area contributed by atoms with Crippen LogP contribution in [-0.2, 0) is 0 Å². The molecule has 1 saturated carbocycles. The second kappa shape index (κ2) is 10.2. The molecule has 0 amide bonds. The minimum absolute atomic E-state index is 0. The fraction of sp³-hybridized carbons (Fsp3) is 0.611. The lowest BCUT2D eigenvalue weighted by molar-refractivity contribution is 0.101. The molecule has 0 radical (unpaired) electrons. The highest BCUT2D eigenvalue weighted by atomic mass is 35.5. The van der Waals surface area contributed by atoms with Crippen LogP contribution in [0.5, 0.6) is 5.75 Å². The first kappa shape index (κ1) is 22.0. The Morgan fingerprint density at radius 1 is 1.16 bits per heavy atom. The summed E-state index contributed by atoms with van der Waals surface area (Å²) in [4.78, 5) is 2.39. The topological polar surface area (TPSA) is 59.3 Å². The first-order valence-electron chi connectivity index (χ1n) is 8.58. The van der Waals surface area contributed by atoms with Crippen molar-refractivity contribution in [1.82, 2.24) is 10.2 Å². The van der Waals surface area contributed by atoms with Crippen LogP contribution in [0.15, 0.2) is 12.1 Å². The molecule has 3 rings (SSSR count). The van der Waals surface area contributed by atoms with Gasteiger partial charge in [-0.1, -0.05) is 25.3 Å². The number of benzene rings is 1. The van der Waals surface area contributed by atoms with Crippen molar-refractivity contribution >= 4 is 24.8 Å². The minimum atomic E-state index is -0.642. The molecule has 1 atom stereocenters. The molecule has 2 aliphatic rings. The summed E-state index contributed by atoms with van der Waals surface area (Å²) < 4.78 is 13.8. The molecule has 140 valence electrons. The third kappa shape index (κ3) is 4.77. The first-order valence-corrected chi connectivity index (χ1v) is 8.58. The van der Waals surface area contributed by atoms with Crippen molar-refractivity contribution in [1.29, 1.82) is 5.26 Å². The Hall–Kier alpha value is -1.06. The molecule has 7 heteroatoms. The predicted octanol–water partition coefficient (Wildman–Crippen LogP) is 3.77. The summed E-state index contributed by atoms with van der Waals surface area (Å²) in [7, 11) is 0. The number of piperazine rings is 1. The molecule has 1 aliphatic heterocycles. The Morgan fingerprint density at radius 3 is 2.40 bits per heavy atom. The van der Waals surface area contributed by atoms with Crippen molar-refractivity contribution in [3.63, 3.8) is 0 Å². The molecule has 2 N–H and O–H groups in total. The molecule has 1 aromatic carbocycles. The number of nitrogens with one attached hydrogen (secondary N) is 1. The summed E-state index contributed by atoms with van der Waals surface area (Å²) in [6.45, 7) is 3.69. The number of rotatable bonds is 3. The molecule has 4 nitrogen and oxygen atoms in total. The van der Waals surface area contributed by atoms with Crippen LogP contribution in [0.4, 0.5) is 4.39 Å². The third-order valence-electron chi connectivity index (χ3n) is 5.23. The maximum atomic E-state index is 13.8. The van der Waals surface area contributed by atoms with Crippen molar-refractivity contribution in [3.8, 4) is 11.8 Å². The maximum absolute atomic E-state index is 13.8. The zero-order chi connectivity index (χ0) is 16.2. The van der Waals surface area contributed by atoms with Gasteiger partial charge in [-0.2, -0.15) is 5.26 Å². The Labute approximate surface area is 161 Å². The van der Waals surface area contributed by atoms with Gasteiger partial charge in [-0.25, -0.2) is 4.39 Å². The molecular weight excluding hydrogens is 364 g/mol. The lowest BCUT2D eigenvalue weighted by Gasteiger charge is -2.41. The number of halogens is 3. The number of nitrogens with zero attached hydrogens (tertiary/aromatic N) is 2. The fourth-order valence-corrected chi connectivity index (χ4v) is 4.09. The van der Waals surface area contributed by atoms with Gasteiger partial charge < -0.3 is 10.4 Å². The highest BCUT2D eigenvalue weighted by Crippen LogP contribution is 2.42. The molecule has 1 heterocycles. The number of nitriles is 1. The highest BCUT2D eigenvalue weighted by Gasteiger charge is 2.33. The second-order valence-corrected chi connectivity index (χ2v) is 6.60. The van der Waals surface area contributed by atoms with Gasteiger partial charge in [0.25, 0.3) is 0 Å². The van der Waals surface area contributed by atoms with Crippen LogP contribution in [-0.4, -0.2) is 36.2 Å². The van der Waals surface area contributed by atoms with E-state index >= 15 is 0 Å². The smallest absolute Gasteiger partial charge is 0.144 e. The van der Waals surface area contributed by atoms with E-state index in [0.29, 0.717) is 5.92 Å². The lowest BCUT2D eigenvalue weighted by Crippen LogP contribution is -2.47. The Bertz CT molecular complexity index is 579. The van der Waals surface area contributed by atoms with Crippen LogP contribution < -0.4 is 5.32 Å². The quantitative estimate of drug-likeness (QED) is 0.825. The van der Waals surface area contributed by atoms with Crippen LogP contribution in [0.2, 0.25) is 0 Å². The molecule has 2 fully saturated rings. The largest absolute Gasteiger partial charge is 0.506 e. The van der Waals surface area contributed by atoms with Crippen molar-refractivity contribution < 1.29 is 9.50 Å². The molecule has 1 saturated heterocycles. The van der Waals surface area contributed by atoms with E-state index in [2.05, 4.69) is 10.2 Å². The number of aromatic hydroxyl groups is 1. The number of phenols is 1. The summed E-state index contributed by atoms with van der Waals surface area (Å²) in [5.74, 6) is -0.345. The average molecular weight is 390 g/mol. The van der Waals surface area contributed by atoms with E-state index in [1.165, 1.54) is 25.3 Å². The number of phenolic OH excluding ortho intramolecular Hbond substituents is 1. The molecule has 1 aliphatic carbocycles. The molecular formula is C18H26Cl2FN3O. The number of hydrogen-bond donors (Lipinski definition) is 2. The van der Waals surface area contributed by atoms with Gasteiger partial charge in [-0.15, -0.1) is 24.8 Å². The van der Waals surface area contributed by atoms with Gasteiger partial charge in [0.2, 0.25) is 0 Å². The predicted molar refractivity (Wildman–Crippen MR) is 101 cm³/mol. The van der Waals surface area contributed by atoms with E-state index in [0.717, 1.165) is 44.6 Å². The summed E-state index contributed by atoms with van der Waals surface area (Å²) in [6, 6.07) is 4.88. The highest BCUT2D eigenvalue weighted by molar-refractivity contribution is 5.85. The number of hydrogen-bond acceptors (Lipinski definition) is 4. The zero-order valence-corrected chi connectivity index (χ0v) is 15.8. The Kier molecular flexibility index (Phi) is 8.95. The standard InChI is InChI=1S/C18H24FN3O.2ClH/c19-16-7-6-14(18(23)15(16)12-20)17(13-4-2-1-3-5-13)22-10-8-21-9-11-22;;/h6-7,13,17,21,23H,1-5,8-11H2;2*1H/t17-;;/m1../s1. The van der Waals surface area contributed by atoms with Crippen LogP contribution in [0.1, 0.15) is 49.3 Å². The van der Waals surface area contributed by atoms with Crippen LogP contribution in [0.3, 0.4) is 0 Å². The average Bonchev–Trinajstić information content (AvgIpc) is 2.60. The SMILES string of the molecule is Cl.Cl.N#Cc1c(F)ccc([C@@H](C2CCCCC2)N2CCNCC2)c1O. The van der Waals surface area contributed by atoms with E-state index in [9.17, 15) is 9.50 Å². The van der Waals surface area contributed by atoms with Crippen LogP contribution >= 0.6 is 24.8 Å².